The molecule has 2 nitrogen and oxygen atoms in total. The molecule has 1 N–H and O–H groups in total. The molecule has 0 fully saturated rings. The zero-order chi connectivity index (χ0) is 13.7. The van der Waals surface area contributed by atoms with Gasteiger partial charge in [-0.3, -0.25) is 0 Å². The van der Waals surface area contributed by atoms with Crippen LogP contribution in [0.3, 0.4) is 0 Å². The van der Waals surface area contributed by atoms with Crippen LogP contribution < -0.4 is 0 Å². The number of hydrogen-bond acceptors (Lipinski definition) is 2. The van der Waals surface area contributed by atoms with Gasteiger partial charge in [0, 0.05) is 6.61 Å². The van der Waals surface area contributed by atoms with E-state index in [4.69, 9.17) is 4.74 Å². The lowest BCUT2D eigenvalue weighted by atomic mass is 10.0. The molecule has 2 aromatic rings. The smallest absolute Gasteiger partial charge is 0.102 e. The highest BCUT2D eigenvalue weighted by Crippen LogP contribution is 2.20. The maximum absolute atomic E-state index is 10.1. The second-order valence-corrected chi connectivity index (χ2v) is 5.38. The van der Waals surface area contributed by atoms with Crippen LogP contribution in [0.4, 0.5) is 0 Å². The molecule has 2 rings (SSSR count). The van der Waals surface area contributed by atoms with Gasteiger partial charge in [-0.15, -0.1) is 0 Å². The molecule has 0 saturated heterocycles. The van der Waals surface area contributed by atoms with Crippen molar-refractivity contribution in [1.29, 1.82) is 0 Å². The summed E-state index contributed by atoms with van der Waals surface area (Å²) in [7, 11) is 0. The summed E-state index contributed by atoms with van der Waals surface area (Å²) in [5.41, 5.74) is 0.920. The molecule has 2 heteroatoms. The van der Waals surface area contributed by atoms with Gasteiger partial charge < -0.3 is 9.84 Å². The van der Waals surface area contributed by atoms with E-state index in [1.165, 1.54) is 5.39 Å². The van der Waals surface area contributed by atoms with Gasteiger partial charge >= 0.3 is 0 Å². The van der Waals surface area contributed by atoms with E-state index in [1.807, 2.05) is 30.3 Å². The Bertz CT molecular complexity index is 519. The van der Waals surface area contributed by atoms with Crippen molar-refractivity contribution in [3.05, 3.63) is 48.0 Å². The Kier molecular flexibility index (Phi) is 4.94. The Morgan fingerprint density at radius 2 is 1.79 bits per heavy atom. The van der Waals surface area contributed by atoms with Crippen LogP contribution in [-0.2, 0) is 4.74 Å². The first kappa shape index (κ1) is 14.0. The van der Waals surface area contributed by atoms with Crippen LogP contribution in [0.25, 0.3) is 10.8 Å². The van der Waals surface area contributed by atoms with E-state index in [0.29, 0.717) is 19.1 Å². The molecular formula is C17H22O2. The summed E-state index contributed by atoms with van der Waals surface area (Å²) >= 11 is 0. The average Bonchev–Trinajstić information content (AvgIpc) is 2.42. The Labute approximate surface area is 115 Å². The van der Waals surface area contributed by atoms with E-state index in [1.54, 1.807) is 0 Å². The lowest BCUT2D eigenvalue weighted by Gasteiger charge is -2.13. The minimum absolute atomic E-state index is 0.366. The zero-order valence-electron chi connectivity index (χ0n) is 11.7. The molecule has 1 unspecified atom stereocenters. The summed E-state index contributed by atoms with van der Waals surface area (Å²) in [5.74, 6) is 0.637. The van der Waals surface area contributed by atoms with Crippen molar-refractivity contribution in [2.75, 3.05) is 13.2 Å². The zero-order valence-corrected chi connectivity index (χ0v) is 11.7. The predicted molar refractivity (Wildman–Crippen MR) is 79.2 cm³/mol. The lowest BCUT2D eigenvalue weighted by Crippen LogP contribution is -2.09. The van der Waals surface area contributed by atoms with Gasteiger partial charge in [0.1, 0.15) is 6.10 Å². The Morgan fingerprint density at radius 1 is 1.05 bits per heavy atom. The molecule has 0 radical (unpaired) electrons. The highest BCUT2D eigenvalue weighted by Gasteiger charge is 2.08. The number of rotatable bonds is 6. The van der Waals surface area contributed by atoms with Crippen LogP contribution in [0.5, 0.6) is 0 Å². The fourth-order valence-corrected chi connectivity index (χ4v) is 2.03. The third kappa shape index (κ3) is 4.05. The Morgan fingerprint density at radius 3 is 2.53 bits per heavy atom. The molecule has 0 aromatic heterocycles. The van der Waals surface area contributed by atoms with Crippen molar-refractivity contribution in [2.45, 2.75) is 26.4 Å². The van der Waals surface area contributed by atoms with Gasteiger partial charge in [-0.1, -0.05) is 50.2 Å². The summed E-state index contributed by atoms with van der Waals surface area (Å²) in [4.78, 5) is 0. The quantitative estimate of drug-likeness (QED) is 0.795. The Hall–Kier alpha value is -1.38. The van der Waals surface area contributed by atoms with Crippen LogP contribution in [-0.4, -0.2) is 18.3 Å². The molecule has 19 heavy (non-hydrogen) atoms. The summed E-state index contributed by atoms with van der Waals surface area (Å²) < 4.78 is 5.52. The minimum atomic E-state index is -0.545. The van der Waals surface area contributed by atoms with E-state index in [-0.39, 0.29) is 0 Å². The highest BCUT2D eigenvalue weighted by molar-refractivity contribution is 5.83. The molecule has 1 atom stereocenters. The first-order valence-electron chi connectivity index (χ1n) is 6.91. The molecule has 0 amide bonds. The van der Waals surface area contributed by atoms with Gasteiger partial charge in [0.25, 0.3) is 0 Å². The van der Waals surface area contributed by atoms with Gasteiger partial charge in [-0.05, 0) is 34.7 Å². The molecule has 0 bridgehead atoms. The first-order chi connectivity index (χ1) is 9.16. The largest absolute Gasteiger partial charge is 0.386 e. The normalized spacial score (nSPS) is 13.1. The van der Waals surface area contributed by atoms with Gasteiger partial charge in [-0.2, -0.15) is 0 Å². The highest BCUT2D eigenvalue weighted by atomic mass is 16.5. The maximum Gasteiger partial charge on any atom is 0.102 e. The van der Waals surface area contributed by atoms with E-state index in [0.717, 1.165) is 17.4 Å². The average molecular weight is 258 g/mol. The second-order valence-electron chi connectivity index (χ2n) is 5.38. The minimum Gasteiger partial charge on any atom is -0.386 e. The summed E-state index contributed by atoms with van der Waals surface area (Å²) in [6, 6.07) is 14.2. The van der Waals surface area contributed by atoms with Gasteiger partial charge in [-0.25, -0.2) is 0 Å². The van der Waals surface area contributed by atoms with E-state index < -0.39 is 6.10 Å². The standard InChI is InChI=1S/C17H22O2/c1-13(2)9-10-19-12-17(18)16-8-7-14-5-3-4-6-15(14)11-16/h3-8,11,13,17-18H,9-10,12H2,1-2H3. The van der Waals surface area contributed by atoms with Crippen LogP contribution in [0, 0.1) is 5.92 Å². The molecule has 0 aliphatic rings. The molecular weight excluding hydrogens is 236 g/mol. The number of fused-ring (bicyclic) bond motifs is 1. The molecule has 0 spiro atoms. The first-order valence-corrected chi connectivity index (χ1v) is 6.91. The van der Waals surface area contributed by atoms with Crippen molar-refractivity contribution >= 4 is 10.8 Å². The van der Waals surface area contributed by atoms with Crippen LogP contribution in [0.2, 0.25) is 0 Å². The summed E-state index contributed by atoms with van der Waals surface area (Å²) in [6.45, 7) is 5.42. The van der Waals surface area contributed by atoms with Gasteiger partial charge in [0.15, 0.2) is 0 Å². The third-order valence-corrected chi connectivity index (χ3v) is 3.27. The lowest BCUT2D eigenvalue weighted by molar-refractivity contribution is 0.0320. The topological polar surface area (TPSA) is 29.5 Å². The van der Waals surface area contributed by atoms with E-state index >= 15 is 0 Å². The van der Waals surface area contributed by atoms with Crippen molar-refractivity contribution in [3.63, 3.8) is 0 Å². The van der Waals surface area contributed by atoms with Crippen LogP contribution in [0.1, 0.15) is 31.9 Å². The van der Waals surface area contributed by atoms with Crippen LogP contribution in [0.15, 0.2) is 42.5 Å². The van der Waals surface area contributed by atoms with E-state index in [9.17, 15) is 5.11 Å². The number of ether oxygens (including phenoxy) is 1. The fourth-order valence-electron chi connectivity index (χ4n) is 2.03. The molecule has 0 heterocycles. The number of benzene rings is 2. The third-order valence-electron chi connectivity index (χ3n) is 3.27. The SMILES string of the molecule is CC(C)CCOCC(O)c1ccc2ccccc2c1. The second kappa shape index (κ2) is 6.69. The van der Waals surface area contributed by atoms with Gasteiger partial charge in [0.2, 0.25) is 0 Å². The maximum atomic E-state index is 10.1. The van der Waals surface area contributed by atoms with E-state index in [2.05, 4.69) is 26.0 Å². The number of aliphatic hydroxyl groups is 1. The fraction of sp³-hybridized carbons (Fsp3) is 0.412. The van der Waals surface area contributed by atoms with Crippen molar-refractivity contribution < 1.29 is 9.84 Å². The number of hydrogen-bond donors (Lipinski definition) is 1. The predicted octanol–water partition coefficient (Wildman–Crippen LogP) is 3.94. The van der Waals surface area contributed by atoms with Crippen molar-refractivity contribution in [1.82, 2.24) is 0 Å². The summed E-state index contributed by atoms with van der Waals surface area (Å²) in [6.07, 6.45) is 0.488. The molecule has 102 valence electrons. The monoisotopic (exact) mass is 258 g/mol. The van der Waals surface area contributed by atoms with Crippen molar-refractivity contribution in [3.8, 4) is 0 Å². The molecule has 0 saturated carbocycles. The Balaban J connectivity index is 1.95. The van der Waals surface area contributed by atoms with Crippen LogP contribution >= 0.6 is 0 Å². The van der Waals surface area contributed by atoms with Gasteiger partial charge in [0.05, 0.1) is 6.61 Å². The molecule has 0 aliphatic carbocycles. The number of aliphatic hydroxyl groups excluding tert-OH is 1. The van der Waals surface area contributed by atoms with Crippen molar-refractivity contribution in [2.24, 2.45) is 5.92 Å². The molecule has 2 aromatic carbocycles. The molecule has 0 aliphatic heterocycles. The summed E-state index contributed by atoms with van der Waals surface area (Å²) in [5, 5.41) is 12.5.